The molecule has 1 N–H and O–H groups in total. The van der Waals surface area contributed by atoms with Gasteiger partial charge in [0.2, 0.25) is 0 Å². The van der Waals surface area contributed by atoms with Gasteiger partial charge < -0.3 is 10.1 Å². The third-order valence-electron chi connectivity index (χ3n) is 3.89. The summed E-state index contributed by atoms with van der Waals surface area (Å²) in [5.41, 5.74) is 1.31. The van der Waals surface area contributed by atoms with E-state index in [1.54, 1.807) is 7.11 Å². The fourth-order valence-electron chi connectivity index (χ4n) is 2.83. The molecule has 0 saturated heterocycles. The Kier molecular flexibility index (Phi) is 4.43. The van der Waals surface area contributed by atoms with Crippen LogP contribution in [0.1, 0.15) is 38.2 Å². The zero-order valence-corrected chi connectivity index (χ0v) is 10.9. The van der Waals surface area contributed by atoms with Crippen molar-refractivity contribution in [3.8, 4) is 5.75 Å². The first-order valence-corrected chi connectivity index (χ1v) is 6.69. The van der Waals surface area contributed by atoms with E-state index < -0.39 is 0 Å². The Morgan fingerprint density at radius 3 is 3.00 bits per heavy atom. The second-order valence-electron chi connectivity index (χ2n) is 4.94. The topological polar surface area (TPSA) is 21.3 Å². The number of nitrogens with one attached hydrogen (secondary N) is 1. The molecule has 0 bridgehead atoms. The summed E-state index contributed by atoms with van der Waals surface area (Å²) in [6, 6.07) is 9.04. The highest BCUT2D eigenvalue weighted by Gasteiger charge is 2.24. The van der Waals surface area contributed by atoms with E-state index in [9.17, 15) is 0 Å². The molecule has 2 unspecified atom stereocenters. The van der Waals surface area contributed by atoms with Crippen LogP contribution in [0.3, 0.4) is 0 Å². The lowest BCUT2D eigenvalue weighted by Crippen LogP contribution is -2.31. The molecule has 0 amide bonds. The molecule has 1 fully saturated rings. The Bertz CT molecular complexity index is 351. The minimum atomic E-state index is 0.714. The van der Waals surface area contributed by atoms with Crippen LogP contribution >= 0.6 is 0 Å². The molecule has 1 aliphatic carbocycles. The van der Waals surface area contributed by atoms with Crippen LogP contribution in [-0.2, 0) is 6.54 Å². The van der Waals surface area contributed by atoms with E-state index in [-0.39, 0.29) is 0 Å². The molecule has 0 aromatic heterocycles. The predicted molar refractivity (Wildman–Crippen MR) is 71.3 cm³/mol. The molecule has 0 spiro atoms. The number of methoxy groups -OCH3 is 1. The Labute approximate surface area is 104 Å². The van der Waals surface area contributed by atoms with E-state index in [0.29, 0.717) is 6.04 Å². The SMILES string of the molecule is CCC1CCCC1NCc1cccc(OC)c1. The summed E-state index contributed by atoms with van der Waals surface area (Å²) in [6.45, 7) is 3.26. The van der Waals surface area contributed by atoms with Gasteiger partial charge in [-0.05, 0) is 36.5 Å². The predicted octanol–water partition coefficient (Wildman–Crippen LogP) is 3.36. The van der Waals surface area contributed by atoms with Crippen LogP contribution in [-0.4, -0.2) is 13.2 Å². The smallest absolute Gasteiger partial charge is 0.119 e. The zero-order chi connectivity index (χ0) is 12.1. The fraction of sp³-hybridized carbons (Fsp3) is 0.600. The van der Waals surface area contributed by atoms with Crippen LogP contribution in [0.4, 0.5) is 0 Å². The third kappa shape index (κ3) is 3.22. The lowest BCUT2D eigenvalue weighted by Gasteiger charge is -2.19. The molecule has 1 aliphatic rings. The number of ether oxygens (including phenoxy) is 1. The van der Waals surface area contributed by atoms with Gasteiger partial charge in [-0.3, -0.25) is 0 Å². The molecule has 2 nitrogen and oxygen atoms in total. The van der Waals surface area contributed by atoms with Crippen molar-refractivity contribution in [3.05, 3.63) is 29.8 Å². The fourth-order valence-corrected chi connectivity index (χ4v) is 2.83. The van der Waals surface area contributed by atoms with E-state index in [4.69, 9.17) is 4.74 Å². The Morgan fingerprint density at radius 1 is 1.35 bits per heavy atom. The summed E-state index contributed by atoms with van der Waals surface area (Å²) < 4.78 is 5.24. The van der Waals surface area contributed by atoms with Crippen LogP contribution in [0.25, 0.3) is 0 Å². The lowest BCUT2D eigenvalue weighted by atomic mass is 10.0. The van der Waals surface area contributed by atoms with Crippen LogP contribution in [0, 0.1) is 5.92 Å². The summed E-state index contributed by atoms with van der Waals surface area (Å²) in [7, 11) is 1.72. The summed E-state index contributed by atoms with van der Waals surface area (Å²) in [5.74, 6) is 1.82. The molecule has 1 saturated carbocycles. The molecule has 2 atom stereocenters. The average Bonchev–Trinajstić information content (AvgIpc) is 2.84. The van der Waals surface area contributed by atoms with Gasteiger partial charge in [0.1, 0.15) is 5.75 Å². The van der Waals surface area contributed by atoms with Gasteiger partial charge in [0.25, 0.3) is 0 Å². The molecule has 17 heavy (non-hydrogen) atoms. The van der Waals surface area contributed by atoms with Crippen LogP contribution in [0.5, 0.6) is 5.75 Å². The van der Waals surface area contributed by atoms with E-state index >= 15 is 0 Å². The Hall–Kier alpha value is -1.02. The first-order valence-electron chi connectivity index (χ1n) is 6.69. The zero-order valence-electron chi connectivity index (χ0n) is 10.9. The van der Waals surface area contributed by atoms with Crippen molar-refractivity contribution in [3.63, 3.8) is 0 Å². The van der Waals surface area contributed by atoms with Gasteiger partial charge in [0.15, 0.2) is 0 Å². The van der Waals surface area contributed by atoms with Crippen LogP contribution in [0.2, 0.25) is 0 Å². The molecule has 94 valence electrons. The molecule has 2 heteroatoms. The summed E-state index contributed by atoms with van der Waals surface area (Å²) >= 11 is 0. The van der Waals surface area contributed by atoms with Crippen molar-refractivity contribution in [1.29, 1.82) is 0 Å². The number of hydrogen-bond acceptors (Lipinski definition) is 2. The molecule has 1 aromatic carbocycles. The molecular weight excluding hydrogens is 210 g/mol. The molecule has 0 heterocycles. The first kappa shape index (κ1) is 12.4. The van der Waals surface area contributed by atoms with Crippen LogP contribution in [0.15, 0.2) is 24.3 Å². The average molecular weight is 233 g/mol. The van der Waals surface area contributed by atoms with Gasteiger partial charge in [-0.15, -0.1) is 0 Å². The standard InChI is InChI=1S/C15H23NO/c1-3-13-7-5-9-15(13)16-11-12-6-4-8-14(10-12)17-2/h4,6,8,10,13,15-16H,3,5,7,9,11H2,1-2H3. The van der Waals surface area contributed by atoms with E-state index in [0.717, 1.165) is 18.2 Å². The molecular formula is C15H23NO. The van der Waals surface area contributed by atoms with Crippen molar-refractivity contribution < 1.29 is 4.74 Å². The van der Waals surface area contributed by atoms with Crippen molar-refractivity contribution >= 4 is 0 Å². The Morgan fingerprint density at radius 2 is 2.24 bits per heavy atom. The summed E-state index contributed by atoms with van der Waals surface area (Å²) in [5, 5.41) is 3.69. The maximum absolute atomic E-state index is 5.24. The minimum Gasteiger partial charge on any atom is -0.497 e. The number of rotatable bonds is 5. The van der Waals surface area contributed by atoms with E-state index in [2.05, 4.69) is 30.4 Å². The maximum Gasteiger partial charge on any atom is 0.119 e. The lowest BCUT2D eigenvalue weighted by molar-refractivity contribution is 0.388. The molecule has 0 radical (unpaired) electrons. The van der Waals surface area contributed by atoms with E-state index in [1.807, 2.05) is 6.07 Å². The molecule has 1 aromatic rings. The van der Waals surface area contributed by atoms with Gasteiger partial charge in [0.05, 0.1) is 7.11 Å². The molecule has 2 rings (SSSR count). The first-order chi connectivity index (χ1) is 8.33. The second kappa shape index (κ2) is 6.06. The summed E-state index contributed by atoms with van der Waals surface area (Å²) in [6.07, 6.45) is 5.42. The van der Waals surface area contributed by atoms with Crippen molar-refractivity contribution in [2.24, 2.45) is 5.92 Å². The van der Waals surface area contributed by atoms with Gasteiger partial charge in [-0.2, -0.15) is 0 Å². The van der Waals surface area contributed by atoms with Crippen molar-refractivity contribution in [1.82, 2.24) is 5.32 Å². The maximum atomic E-state index is 5.24. The van der Waals surface area contributed by atoms with Crippen molar-refractivity contribution in [2.75, 3.05) is 7.11 Å². The number of hydrogen-bond donors (Lipinski definition) is 1. The largest absolute Gasteiger partial charge is 0.497 e. The van der Waals surface area contributed by atoms with E-state index in [1.165, 1.54) is 31.2 Å². The van der Waals surface area contributed by atoms with Gasteiger partial charge in [-0.1, -0.05) is 31.9 Å². The second-order valence-corrected chi connectivity index (χ2v) is 4.94. The van der Waals surface area contributed by atoms with Gasteiger partial charge >= 0.3 is 0 Å². The van der Waals surface area contributed by atoms with Crippen molar-refractivity contribution in [2.45, 2.75) is 45.2 Å². The monoisotopic (exact) mass is 233 g/mol. The normalized spacial score (nSPS) is 23.9. The highest BCUT2D eigenvalue weighted by atomic mass is 16.5. The third-order valence-corrected chi connectivity index (χ3v) is 3.89. The summed E-state index contributed by atoms with van der Waals surface area (Å²) in [4.78, 5) is 0. The molecule has 0 aliphatic heterocycles. The minimum absolute atomic E-state index is 0.714. The highest BCUT2D eigenvalue weighted by molar-refractivity contribution is 5.28. The highest BCUT2D eigenvalue weighted by Crippen LogP contribution is 2.28. The van der Waals surface area contributed by atoms with Crippen LogP contribution < -0.4 is 10.1 Å². The van der Waals surface area contributed by atoms with Gasteiger partial charge in [0, 0.05) is 12.6 Å². The Balaban J connectivity index is 1.88. The number of benzene rings is 1. The quantitative estimate of drug-likeness (QED) is 0.842. The van der Waals surface area contributed by atoms with Gasteiger partial charge in [-0.25, -0.2) is 0 Å².